The van der Waals surface area contributed by atoms with Crippen molar-refractivity contribution >= 4 is 47.4 Å². The molecule has 1 aromatic rings. The van der Waals surface area contributed by atoms with Gasteiger partial charge in [0.05, 0.1) is 15.6 Å². The van der Waals surface area contributed by atoms with E-state index in [1.807, 2.05) is 0 Å². The Kier molecular flexibility index (Phi) is 8.30. The maximum Gasteiger partial charge on any atom is 0.253 e. The van der Waals surface area contributed by atoms with E-state index >= 15 is 0 Å². The monoisotopic (exact) mass is 393 g/mol. The van der Waals surface area contributed by atoms with Gasteiger partial charge in [-0.3, -0.25) is 9.59 Å². The lowest BCUT2D eigenvalue weighted by molar-refractivity contribution is -0.123. The third-order valence-electron chi connectivity index (χ3n) is 4.09. The molecule has 24 heavy (non-hydrogen) atoms. The van der Waals surface area contributed by atoms with Crippen LogP contribution in [0.25, 0.3) is 0 Å². The van der Waals surface area contributed by atoms with Crippen LogP contribution in [-0.4, -0.2) is 37.0 Å². The molecule has 0 aliphatic carbocycles. The Balaban J connectivity index is 0.00000288. The fourth-order valence-corrected chi connectivity index (χ4v) is 2.90. The topological polar surface area (TPSA) is 70.2 Å². The fraction of sp³-hybridized carbons (Fsp3) is 0.500. The summed E-state index contributed by atoms with van der Waals surface area (Å²) < 4.78 is 0. The van der Waals surface area contributed by atoms with Crippen molar-refractivity contribution in [1.29, 1.82) is 0 Å². The van der Waals surface area contributed by atoms with Crippen LogP contribution in [0.2, 0.25) is 10.0 Å². The van der Waals surface area contributed by atoms with E-state index in [1.54, 1.807) is 25.1 Å². The molecule has 1 aromatic carbocycles. The Morgan fingerprint density at radius 3 is 2.71 bits per heavy atom. The van der Waals surface area contributed by atoms with E-state index < -0.39 is 11.9 Å². The molecule has 1 fully saturated rings. The molecule has 2 amide bonds. The molecule has 0 bridgehead atoms. The molecule has 134 valence electrons. The lowest BCUT2D eigenvalue weighted by Gasteiger charge is -2.31. The van der Waals surface area contributed by atoms with Crippen LogP contribution in [0.3, 0.4) is 0 Å². The number of halogens is 3. The zero-order chi connectivity index (χ0) is 17.0. The van der Waals surface area contributed by atoms with Gasteiger partial charge in [-0.25, -0.2) is 0 Å². The van der Waals surface area contributed by atoms with E-state index in [9.17, 15) is 9.59 Å². The first-order valence-corrected chi connectivity index (χ1v) is 8.41. The number of carbonyl (C=O) groups is 2. The molecule has 0 spiro atoms. The largest absolute Gasteiger partial charge is 0.350 e. The molecule has 3 N–H and O–H groups in total. The molecular formula is C16H22Cl3N3O2. The molecule has 1 aliphatic rings. The van der Waals surface area contributed by atoms with E-state index in [0.717, 1.165) is 19.5 Å². The number of hydrogen-bond acceptors (Lipinski definition) is 3. The van der Waals surface area contributed by atoms with E-state index in [1.165, 1.54) is 0 Å². The number of nitrogens with one attached hydrogen (secondary N) is 3. The average molecular weight is 395 g/mol. The summed E-state index contributed by atoms with van der Waals surface area (Å²) in [4.78, 5) is 24.5. The second-order valence-corrected chi connectivity index (χ2v) is 6.67. The average Bonchev–Trinajstić information content (AvgIpc) is 2.52. The minimum Gasteiger partial charge on any atom is -0.350 e. The predicted octanol–water partition coefficient (Wildman–Crippen LogP) is 2.65. The summed E-state index contributed by atoms with van der Waals surface area (Å²) in [5, 5.41) is 9.37. The van der Waals surface area contributed by atoms with Gasteiger partial charge in [0.15, 0.2) is 0 Å². The standard InChI is InChI=1S/C16H21Cl2N3O2.ClH/c1-9-6-7-19-8-13(9)21-15(22)10(2)20-16(23)11-4-3-5-12(17)14(11)18;/h3-5,9-10,13,19H,6-8H2,1-2H3,(H,20,23)(H,21,22);1H. The van der Waals surface area contributed by atoms with E-state index in [2.05, 4.69) is 22.9 Å². The Labute approximate surface area is 158 Å². The van der Waals surface area contributed by atoms with Crippen LogP contribution in [-0.2, 0) is 4.79 Å². The molecule has 1 aliphatic heterocycles. The van der Waals surface area contributed by atoms with Gasteiger partial charge >= 0.3 is 0 Å². The highest BCUT2D eigenvalue weighted by Gasteiger charge is 2.25. The lowest BCUT2D eigenvalue weighted by Crippen LogP contribution is -2.54. The van der Waals surface area contributed by atoms with Gasteiger partial charge < -0.3 is 16.0 Å². The highest BCUT2D eigenvalue weighted by molar-refractivity contribution is 6.43. The van der Waals surface area contributed by atoms with Crippen molar-refractivity contribution in [2.24, 2.45) is 5.92 Å². The molecular weight excluding hydrogens is 373 g/mol. The minimum atomic E-state index is -0.660. The van der Waals surface area contributed by atoms with Gasteiger partial charge in [-0.2, -0.15) is 0 Å². The van der Waals surface area contributed by atoms with Gasteiger partial charge in [-0.15, -0.1) is 12.4 Å². The Bertz CT molecular complexity index is 598. The molecule has 8 heteroatoms. The van der Waals surface area contributed by atoms with E-state index in [4.69, 9.17) is 23.2 Å². The molecule has 5 nitrogen and oxygen atoms in total. The van der Waals surface area contributed by atoms with Gasteiger partial charge in [0.2, 0.25) is 5.91 Å². The van der Waals surface area contributed by atoms with Crippen LogP contribution in [0, 0.1) is 5.92 Å². The number of amides is 2. The van der Waals surface area contributed by atoms with Crippen molar-refractivity contribution in [3.8, 4) is 0 Å². The number of rotatable bonds is 4. The number of hydrogen-bond donors (Lipinski definition) is 3. The maximum absolute atomic E-state index is 12.3. The molecule has 1 heterocycles. The quantitative estimate of drug-likeness (QED) is 0.735. The predicted molar refractivity (Wildman–Crippen MR) is 99.2 cm³/mol. The van der Waals surface area contributed by atoms with Gasteiger partial charge in [0, 0.05) is 12.6 Å². The van der Waals surface area contributed by atoms with Crippen molar-refractivity contribution in [3.05, 3.63) is 33.8 Å². The van der Waals surface area contributed by atoms with Crippen molar-refractivity contribution in [2.45, 2.75) is 32.4 Å². The van der Waals surface area contributed by atoms with Gasteiger partial charge in [-0.05, 0) is 37.9 Å². The van der Waals surface area contributed by atoms with Gasteiger partial charge in [0.25, 0.3) is 5.91 Å². The highest BCUT2D eigenvalue weighted by Crippen LogP contribution is 2.25. The Hall–Kier alpha value is -1.01. The first-order valence-electron chi connectivity index (χ1n) is 7.66. The minimum absolute atomic E-state index is 0. The summed E-state index contributed by atoms with van der Waals surface area (Å²) in [7, 11) is 0. The van der Waals surface area contributed by atoms with Crippen molar-refractivity contribution in [2.75, 3.05) is 13.1 Å². The number of carbonyl (C=O) groups excluding carboxylic acids is 2. The summed E-state index contributed by atoms with van der Waals surface area (Å²) in [6.45, 7) is 5.47. The second-order valence-electron chi connectivity index (χ2n) is 5.88. The van der Waals surface area contributed by atoms with Crippen molar-refractivity contribution < 1.29 is 9.59 Å². The zero-order valence-corrected chi connectivity index (χ0v) is 15.9. The van der Waals surface area contributed by atoms with Gasteiger partial charge in [0.1, 0.15) is 6.04 Å². The summed E-state index contributed by atoms with van der Waals surface area (Å²) in [6.07, 6.45) is 1.02. The SMILES string of the molecule is CC(NC(=O)c1cccc(Cl)c1Cl)C(=O)NC1CNCCC1C.Cl. The smallest absolute Gasteiger partial charge is 0.253 e. The fourth-order valence-electron chi connectivity index (χ4n) is 2.51. The third kappa shape index (κ3) is 5.24. The van der Waals surface area contributed by atoms with E-state index in [0.29, 0.717) is 10.9 Å². The third-order valence-corrected chi connectivity index (χ3v) is 4.91. The lowest BCUT2D eigenvalue weighted by atomic mass is 9.94. The Morgan fingerprint density at radius 2 is 2.04 bits per heavy atom. The van der Waals surface area contributed by atoms with Crippen LogP contribution in [0.1, 0.15) is 30.6 Å². The molecule has 0 saturated carbocycles. The molecule has 2 rings (SSSR count). The summed E-state index contributed by atoms with van der Waals surface area (Å²) in [5.74, 6) is -0.225. The normalized spacial score (nSPS) is 21.3. The molecule has 3 atom stereocenters. The first kappa shape index (κ1) is 21.0. The highest BCUT2D eigenvalue weighted by atomic mass is 35.5. The number of piperidine rings is 1. The molecule has 0 radical (unpaired) electrons. The Morgan fingerprint density at radius 1 is 1.33 bits per heavy atom. The number of benzene rings is 1. The van der Waals surface area contributed by atoms with Crippen LogP contribution in [0.4, 0.5) is 0 Å². The molecule has 1 saturated heterocycles. The van der Waals surface area contributed by atoms with Crippen LogP contribution in [0.15, 0.2) is 18.2 Å². The summed E-state index contributed by atoms with van der Waals surface area (Å²) in [6, 6.07) is 4.23. The summed E-state index contributed by atoms with van der Waals surface area (Å²) >= 11 is 11.9. The van der Waals surface area contributed by atoms with Crippen LogP contribution < -0.4 is 16.0 Å². The second kappa shape index (κ2) is 9.47. The van der Waals surface area contributed by atoms with E-state index in [-0.39, 0.29) is 34.9 Å². The molecule has 3 unspecified atom stereocenters. The summed E-state index contributed by atoms with van der Waals surface area (Å²) in [5.41, 5.74) is 0.256. The molecule has 0 aromatic heterocycles. The van der Waals surface area contributed by atoms with Crippen molar-refractivity contribution in [3.63, 3.8) is 0 Å². The zero-order valence-electron chi connectivity index (χ0n) is 13.6. The van der Waals surface area contributed by atoms with Crippen LogP contribution >= 0.6 is 35.6 Å². The maximum atomic E-state index is 12.3. The van der Waals surface area contributed by atoms with Gasteiger partial charge in [-0.1, -0.05) is 36.2 Å². The van der Waals surface area contributed by atoms with Crippen LogP contribution in [0.5, 0.6) is 0 Å². The first-order chi connectivity index (χ1) is 10.9. The van der Waals surface area contributed by atoms with Crippen molar-refractivity contribution in [1.82, 2.24) is 16.0 Å².